The summed E-state index contributed by atoms with van der Waals surface area (Å²) in [4.78, 5) is 23.3. The van der Waals surface area contributed by atoms with Crippen LogP contribution in [0.5, 0.6) is 0 Å². The monoisotopic (exact) mass is 368 g/mol. The highest BCUT2D eigenvalue weighted by atomic mass is 32.1. The van der Waals surface area contributed by atoms with Crippen LogP contribution in [-0.4, -0.2) is 42.1 Å². The molecule has 0 saturated carbocycles. The van der Waals surface area contributed by atoms with Crippen LogP contribution in [0.15, 0.2) is 29.8 Å². The minimum Gasteiger partial charge on any atom is -0.333 e. The molecule has 4 rings (SSSR count). The molecule has 0 saturated heterocycles. The lowest BCUT2D eigenvalue weighted by atomic mass is 10.1. The van der Waals surface area contributed by atoms with E-state index in [0.29, 0.717) is 25.9 Å². The fourth-order valence-corrected chi connectivity index (χ4v) is 3.95. The van der Waals surface area contributed by atoms with E-state index in [1.807, 2.05) is 35.4 Å². The lowest BCUT2D eigenvalue weighted by Crippen LogP contribution is -2.40. The predicted molar refractivity (Wildman–Crippen MR) is 98.6 cm³/mol. The number of aryl methyl sites for hydroxylation is 2. The molecule has 0 aliphatic carbocycles. The third-order valence-electron chi connectivity index (χ3n) is 4.53. The lowest BCUT2D eigenvalue weighted by Gasteiger charge is -2.32. The van der Waals surface area contributed by atoms with Gasteiger partial charge in [0.05, 0.1) is 23.3 Å². The molecule has 7 nitrogen and oxygen atoms in total. The first-order valence-electron chi connectivity index (χ1n) is 8.66. The molecule has 0 spiro atoms. The SMILES string of the molecule is Cc1nc(CCC(=O)N2Cc3nnc(-c4ccccn4)n3[C@@H](C)C2)cs1. The van der Waals surface area contributed by atoms with Crippen molar-refractivity contribution in [3.8, 4) is 11.5 Å². The molecule has 1 atom stereocenters. The van der Waals surface area contributed by atoms with Gasteiger partial charge in [-0.3, -0.25) is 9.78 Å². The molecule has 0 aromatic carbocycles. The number of hydrogen-bond donors (Lipinski definition) is 0. The number of aromatic nitrogens is 5. The van der Waals surface area contributed by atoms with Gasteiger partial charge in [-0.2, -0.15) is 0 Å². The van der Waals surface area contributed by atoms with E-state index in [0.717, 1.165) is 28.0 Å². The van der Waals surface area contributed by atoms with Gasteiger partial charge in [-0.25, -0.2) is 4.98 Å². The Hall–Kier alpha value is -2.61. The van der Waals surface area contributed by atoms with Crippen LogP contribution in [0.25, 0.3) is 11.5 Å². The Morgan fingerprint density at radius 2 is 2.23 bits per heavy atom. The summed E-state index contributed by atoms with van der Waals surface area (Å²) in [6.45, 7) is 5.20. The molecule has 3 aromatic heterocycles. The first kappa shape index (κ1) is 16.8. The summed E-state index contributed by atoms with van der Waals surface area (Å²) in [5.41, 5.74) is 1.79. The van der Waals surface area contributed by atoms with Gasteiger partial charge in [0.1, 0.15) is 5.69 Å². The van der Waals surface area contributed by atoms with Crippen LogP contribution in [0.2, 0.25) is 0 Å². The van der Waals surface area contributed by atoms with Crippen molar-refractivity contribution in [1.29, 1.82) is 0 Å². The van der Waals surface area contributed by atoms with Crippen molar-refractivity contribution in [3.05, 3.63) is 46.3 Å². The minimum absolute atomic E-state index is 0.108. The fourth-order valence-electron chi connectivity index (χ4n) is 3.31. The van der Waals surface area contributed by atoms with Crippen LogP contribution < -0.4 is 0 Å². The second-order valence-corrected chi connectivity index (χ2v) is 7.57. The van der Waals surface area contributed by atoms with E-state index in [9.17, 15) is 4.79 Å². The van der Waals surface area contributed by atoms with Gasteiger partial charge in [-0.05, 0) is 32.4 Å². The van der Waals surface area contributed by atoms with E-state index in [1.54, 1.807) is 17.5 Å². The number of hydrogen-bond acceptors (Lipinski definition) is 6. The smallest absolute Gasteiger partial charge is 0.223 e. The zero-order valence-corrected chi connectivity index (χ0v) is 15.6. The molecule has 0 bridgehead atoms. The van der Waals surface area contributed by atoms with Crippen molar-refractivity contribution in [2.24, 2.45) is 0 Å². The van der Waals surface area contributed by atoms with Crippen LogP contribution in [0.1, 0.15) is 35.9 Å². The first-order valence-corrected chi connectivity index (χ1v) is 9.53. The molecule has 4 heterocycles. The number of amides is 1. The zero-order valence-electron chi connectivity index (χ0n) is 14.8. The highest BCUT2D eigenvalue weighted by Crippen LogP contribution is 2.26. The molecule has 26 heavy (non-hydrogen) atoms. The van der Waals surface area contributed by atoms with Gasteiger partial charge in [0.25, 0.3) is 0 Å². The van der Waals surface area contributed by atoms with Gasteiger partial charge in [0, 0.05) is 24.5 Å². The topological polar surface area (TPSA) is 76.8 Å². The van der Waals surface area contributed by atoms with Crippen molar-refractivity contribution in [3.63, 3.8) is 0 Å². The number of carbonyl (C=O) groups excluding carboxylic acids is 1. The van der Waals surface area contributed by atoms with Crippen LogP contribution in [0.4, 0.5) is 0 Å². The van der Waals surface area contributed by atoms with E-state index in [-0.39, 0.29) is 11.9 Å². The van der Waals surface area contributed by atoms with Crippen LogP contribution in [0, 0.1) is 6.92 Å². The number of thiazole rings is 1. The number of pyridine rings is 1. The van der Waals surface area contributed by atoms with Crippen LogP contribution >= 0.6 is 11.3 Å². The third kappa shape index (κ3) is 3.24. The van der Waals surface area contributed by atoms with E-state index >= 15 is 0 Å². The van der Waals surface area contributed by atoms with Gasteiger partial charge in [-0.1, -0.05) is 6.07 Å². The quantitative estimate of drug-likeness (QED) is 0.707. The van der Waals surface area contributed by atoms with Crippen molar-refractivity contribution < 1.29 is 4.79 Å². The summed E-state index contributed by atoms with van der Waals surface area (Å²) in [5.74, 6) is 1.71. The van der Waals surface area contributed by atoms with E-state index < -0.39 is 0 Å². The maximum atomic E-state index is 12.6. The molecule has 3 aromatic rings. The summed E-state index contributed by atoms with van der Waals surface area (Å²) >= 11 is 1.62. The van der Waals surface area contributed by atoms with Gasteiger partial charge in [0.15, 0.2) is 11.6 Å². The summed E-state index contributed by atoms with van der Waals surface area (Å²) in [5, 5.41) is 11.7. The molecule has 0 radical (unpaired) electrons. The molecular weight excluding hydrogens is 348 g/mol. The fraction of sp³-hybridized carbons (Fsp3) is 0.389. The average Bonchev–Trinajstić information content (AvgIpc) is 3.26. The highest BCUT2D eigenvalue weighted by Gasteiger charge is 2.29. The van der Waals surface area contributed by atoms with E-state index in [4.69, 9.17) is 0 Å². The van der Waals surface area contributed by atoms with Crippen molar-refractivity contribution in [2.45, 2.75) is 39.3 Å². The first-order chi connectivity index (χ1) is 12.6. The molecule has 8 heteroatoms. The third-order valence-corrected chi connectivity index (χ3v) is 5.35. The number of carbonyl (C=O) groups is 1. The summed E-state index contributed by atoms with van der Waals surface area (Å²) < 4.78 is 2.09. The Bertz CT molecular complexity index is 919. The highest BCUT2D eigenvalue weighted by molar-refractivity contribution is 7.09. The number of rotatable bonds is 4. The second-order valence-electron chi connectivity index (χ2n) is 6.51. The Labute approximate surface area is 155 Å². The number of nitrogens with zero attached hydrogens (tertiary/aromatic N) is 6. The Morgan fingerprint density at radius 3 is 2.96 bits per heavy atom. The van der Waals surface area contributed by atoms with Crippen molar-refractivity contribution in [1.82, 2.24) is 29.6 Å². The van der Waals surface area contributed by atoms with Gasteiger partial charge in [0.2, 0.25) is 5.91 Å². The average molecular weight is 368 g/mol. The van der Waals surface area contributed by atoms with Gasteiger partial charge < -0.3 is 9.47 Å². The van der Waals surface area contributed by atoms with Crippen molar-refractivity contribution >= 4 is 17.2 Å². The van der Waals surface area contributed by atoms with Crippen LogP contribution in [0.3, 0.4) is 0 Å². The second kappa shape index (κ2) is 6.95. The molecular formula is C18H20N6OS. The minimum atomic E-state index is 0.108. The largest absolute Gasteiger partial charge is 0.333 e. The molecule has 1 aliphatic heterocycles. The van der Waals surface area contributed by atoms with Gasteiger partial charge >= 0.3 is 0 Å². The van der Waals surface area contributed by atoms with Crippen LogP contribution in [-0.2, 0) is 17.8 Å². The molecule has 1 aliphatic rings. The van der Waals surface area contributed by atoms with E-state index in [1.165, 1.54) is 0 Å². The summed E-state index contributed by atoms with van der Waals surface area (Å²) in [6.07, 6.45) is 2.90. The normalized spacial score (nSPS) is 16.5. The molecule has 0 unspecified atom stereocenters. The summed E-state index contributed by atoms with van der Waals surface area (Å²) in [6, 6.07) is 5.85. The Kier molecular flexibility index (Phi) is 4.50. The lowest BCUT2D eigenvalue weighted by molar-refractivity contribution is -0.133. The standard InChI is InChI=1S/C18H20N6OS/c1-12-9-23(17(25)7-6-14-11-26-13(2)20-14)10-16-21-22-18(24(12)16)15-5-3-4-8-19-15/h3-5,8,11-12H,6-7,9-10H2,1-2H3/t12-/m0/s1. The molecule has 0 N–H and O–H groups in total. The van der Waals surface area contributed by atoms with E-state index in [2.05, 4.69) is 31.7 Å². The maximum Gasteiger partial charge on any atom is 0.223 e. The predicted octanol–water partition coefficient (Wildman–Crippen LogP) is 2.64. The Morgan fingerprint density at radius 1 is 1.35 bits per heavy atom. The Balaban J connectivity index is 1.48. The molecule has 0 fully saturated rings. The number of fused-ring (bicyclic) bond motifs is 1. The van der Waals surface area contributed by atoms with Crippen molar-refractivity contribution in [2.75, 3.05) is 6.54 Å². The maximum absolute atomic E-state index is 12.6. The molecule has 134 valence electrons. The zero-order chi connectivity index (χ0) is 18.1. The molecule has 1 amide bonds. The summed E-state index contributed by atoms with van der Waals surface area (Å²) in [7, 11) is 0. The van der Waals surface area contributed by atoms with Gasteiger partial charge in [-0.15, -0.1) is 21.5 Å².